The van der Waals surface area contributed by atoms with E-state index in [-0.39, 0.29) is 29.2 Å². The van der Waals surface area contributed by atoms with Crippen LogP contribution in [0.25, 0.3) is 0 Å². The number of hydrogen-bond acceptors (Lipinski definition) is 5. The van der Waals surface area contributed by atoms with E-state index in [2.05, 4.69) is 14.5 Å². The molecule has 0 bridgehead atoms. The van der Waals surface area contributed by atoms with Crippen LogP contribution in [0.2, 0.25) is 0 Å². The smallest absolute Gasteiger partial charge is 0.430 e. The monoisotopic (exact) mass is 593 g/mol. The molecule has 13 heteroatoms. The second kappa shape index (κ2) is 10.4. The van der Waals surface area contributed by atoms with E-state index in [1.807, 2.05) is 0 Å². The van der Waals surface area contributed by atoms with Crippen molar-refractivity contribution in [3.63, 3.8) is 0 Å². The van der Waals surface area contributed by atoms with Crippen molar-refractivity contribution in [1.82, 2.24) is 4.98 Å². The summed E-state index contributed by atoms with van der Waals surface area (Å²) in [5, 5.41) is 9.22. The third kappa shape index (κ3) is 5.69. The van der Waals surface area contributed by atoms with E-state index < -0.39 is 36.3 Å². The summed E-state index contributed by atoms with van der Waals surface area (Å²) in [5.41, 5.74) is -5.94. The molecule has 2 aromatic rings. The zero-order valence-corrected chi connectivity index (χ0v) is 19.3. The highest BCUT2D eigenvalue weighted by Gasteiger charge is 2.73. The summed E-state index contributed by atoms with van der Waals surface area (Å²) < 4.78 is 97.2. The highest BCUT2D eigenvalue weighted by atomic mass is 127. The summed E-state index contributed by atoms with van der Waals surface area (Å²) in [4.78, 5) is 15.2. The zero-order chi connectivity index (χ0) is 25.0. The maximum Gasteiger partial charge on any atom is 0.430 e. The van der Waals surface area contributed by atoms with Gasteiger partial charge in [-0.15, -0.1) is 0 Å². The largest absolute Gasteiger partial charge is 0.478 e. The molecule has 0 atom stereocenters. The molecule has 33 heavy (non-hydrogen) atoms. The Bertz CT molecular complexity index is 982. The number of pyridine rings is 1. The van der Waals surface area contributed by atoms with Crippen LogP contribution >= 0.6 is 22.6 Å². The van der Waals surface area contributed by atoms with Crippen molar-refractivity contribution < 1.29 is 50.5 Å². The van der Waals surface area contributed by atoms with Gasteiger partial charge in [0.05, 0.1) is 5.56 Å². The molecular weight excluding hydrogens is 575 g/mol. The van der Waals surface area contributed by atoms with E-state index in [0.29, 0.717) is 22.1 Å². The summed E-state index contributed by atoms with van der Waals surface area (Å²) in [6.07, 6.45) is -10.1. The van der Waals surface area contributed by atoms with Gasteiger partial charge in [-0.3, -0.25) is 0 Å². The van der Waals surface area contributed by atoms with Crippen LogP contribution in [0, 0.1) is 3.57 Å². The van der Waals surface area contributed by atoms with Crippen LogP contribution in [0.5, 0.6) is 11.6 Å². The van der Waals surface area contributed by atoms with Crippen LogP contribution in [0.1, 0.15) is 34.8 Å². The molecule has 182 valence electrons. The minimum atomic E-state index is -5.86. The van der Waals surface area contributed by atoms with Crippen LogP contribution < -0.4 is 4.74 Å². The summed E-state index contributed by atoms with van der Waals surface area (Å²) in [6.45, 7) is 0.412. The Hall–Kier alpha value is -2.13. The van der Waals surface area contributed by atoms with Crippen molar-refractivity contribution >= 4 is 28.6 Å². The Balaban J connectivity index is 2.62. The number of carboxylic acid groups (broad SMARTS) is 1. The van der Waals surface area contributed by atoms with Gasteiger partial charge in [0.2, 0.25) is 5.88 Å². The Kier molecular flexibility index (Phi) is 8.57. The SMILES string of the molecule is CCCc1cc(C(OCOC)(C(F)(F)F)C(F)(F)F)ccc1Oc1cc(C(=O)O)c(I)cn1. The van der Waals surface area contributed by atoms with Crippen molar-refractivity contribution in [2.24, 2.45) is 0 Å². The number of aromatic nitrogens is 1. The first-order chi connectivity index (χ1) is 15.3. The van der Waals surface area contributed by atoms with E-state index in [1.54, 1.807) is 29.5 Å². The minimum absolute atomic E-state index is 0.0196. The Morgan fingerprint density at radius 2 is 1.76 bits per heavy atom. The predicted octanol–water partition coefficient (Wildman–Crippen LogP) is 6.07. The van der Waals surface area contributed by atoms with Gasteiger partial charge < -0.3 is 19.3 Å². The number of aromatic carboxylic acids is 1. The summed E-state index contributed by atoms with van der Waals surface area (Å²) >= 11 is 1.75. The topological polar surface area (TPSA) is 77.9 Å². The molecule has 0 unspecified atom stereocenters. The van der Waals surface area contributed by atoms with Crippen LogP contribution in [0.4, 0.5) is 26.3 Å². The molecule has 0 saturated heterocycles. The lowest BCUT2D eigenvalue weighted by atomic mass is 9.89. The van der Waals surface area contributed by atoms with Gasteiger partial charge in [0.15, 0.2) is 0 Å². The summed E-state index contributed by atoms with van der Waals surface area (Å²) in [5.74, 6) is -1.52. The van der Waals surface area contributed by atoms with E-state index in [4.69, 9.17) is 4.74 Å². The van der Waals surface area contributed by atoms with Crippen molar-refractivity contribution in [1.29, 1.82) is 0 Å². The van der Waals surface area contributed by atoms with Crippen molar-refractivity contribution in [3.8, 4) is 11.6 Å². The van der Waals surface area contributed by atoms with Gasteiger partial charge in [-0.25, -0.2) is 9.78 Å². The maximum absolute atomic E-state index is 13.8. The number of hydrogen-bond donors (Lipinski definition) is 1. The normalized spacial score (nSPS) is 12.6. The Labute approximate surface area is 198 Å². The number of halogens is 7. The lowest BCUT2D eigenvalue weighted by molar-refractivity contribution is -0.400. The average molecular weight is 593 g/mol. The first kappa shape index (κ1) is 27.1. The fourth-order valence-electron chi connectivity index (χ4n) is 3.00. The molecule has 0 saturated carbocycles. The molecule has 0 aliphatic rings. The number of carbonyl (C=O) groups is 1. The molecule has 0 aliphatic carbocycles. The van der Waals surface area contributed by atoms with Gasteiger partial charge in [0.1, 0.15) is 12.5 Å². The van der Waals surface area contributed by atoms with Gasteiger partial charge in [-0.1, -0.05) is 19.4 Å². The lowest BCUT2D eigenvalue weighted by Gasteiger charge is -2.37. The highest BCUT2D eigenvalue weighted by molar-refractivity contribution is 14.1. The van der Waals surface area contributed by atoms with E-state index in [9.17, 15) is 36.2 Å². The molecule has 1 aromatic heterocycles. The third-order valence-electron chi connectivity index (χ3n) is 4.45. The van der Waals surface area contributed by atoms with Gasteiger partial charge >= 0.3 is 18.3 Å². The number of carboxylic acids is 1. The van der Waals surface area contributed by atoms with Crippen molar-refractivity contribution in [3.05, 3.63) is 50.7 Å². The number of rotatable bonds is 9. The van der Waals surface area contributed by atoms with Crippen molar-refractivity contribution in [2.75, 3.05) is 13.9 Å². The number of methoxy groups -OCH3 is 1. The van der Waals surface area contributed by atoms with Crippen molar-refractivity contribution in [2.45, 2.75) is 37.7 Å². The second-order valence-electron chi connectivity index (χ2n) is 6.71. The van der Waals surface area contributed by atoms with Crippen LogP contribution in [0.15, 0.2) is 30.5 Å². The van der Waals surface area contributed by atoms with Crippen LogP contribution in [-0.4, -0.2) is 42.3 Å². The molecule has 1 aromatic carbocycles. The number of alkyl halides is 6. The number of aryl methyl sites for hydroxylation is 1. The quantitative estimate of drug-likeness (QED) is 0.216. The second-order valence-corrected chi connectivity index (χ2v) is 7.87. The van der Waals surface area contributed by atoms with E-state index in [1.165, 1.54) is 6.20 Å². The Morgan fingerprint density at radius 3 is 2.27 bits per heavy atom. The molecule has 0 spiro atoms. The van der Waals surface area contributed by atoms with Gasteiger partial charge in [0, 0.05) is 28.5 Å². The molecule has 1 heterocycles. The summed E-state index contributed by atoms with van der Waals surface area (Å²) in [7, 11) is 0.899. The third-order valence-corrected chi connectivity index (χ3v) is 5.31. The molecular formula is C20H18F6INO5. The maximum atomic E-state index is 13.8. The number of nitrogens with zero attached hydrogens (tertiary/aromatic N) is 1. The molecule has 6 nitrogen and oxygen atoms in total. The molecule has 0 aliphatic heterocycles. The highest BCUT2D eigenvalue weighted by Crippen LogP contribution is 2.53. The van der Waals surface area contributed by atoms with Crippen LogP contribution in [-0.2, 0) is 21.5 Å². The first-order valence-electron chi connectivity index (χ1n) is 9.25. The van der Waals surface area contributed by atoms with E-state index in [0.717, 1.165) is 19.2 Å². The first-order valence-corrected chi connectivity index (χ1v) is 10.3. The molecule has 1 N–H and O–H groups in total. The fraction of sp³-hybridized carbons (Fsp3) is 0.400. The molecule has 0 fully saturated rings. The number of ether oxygens (including phenoxy) is 3. The minimum Gasteiger partial charge on any atom is -0.478 e. The lowest BCUT2D eigenvalue weighted by Crippen LogP contribution is -2.56. The zero-order valence-electron chi connectivity index (χ0n) is 17.2. The summed E-state index contributed by atoms with van der Waals surface area (Å²) in [6, 6.07) is 3.34. The van der Waals surface area contributed by atoms with Gasteiger partial charge in [-0.2, -0.15) is 26.3 Å². The Morgan fingerprint density at radius 1 is 1.12 bits per heavy atom. The fourth-order valence-corrected chi connectivity index (χ4v) is 3.52. The molecule has 2 rings (SSSR count). The van der Waals surface area contributed by atoms with Gasteiger partial charge in [0.25, 0.3) is 5.60 Å². The molecule has 0 amide bonds. The van der Waals surface area contributed by atoms with Gasteiger partial charge in [-0.05, 0) is 46.7 Å². The number of benzene rings is 1. The standard InChI is InChI=1S/C20H18F6INO5/c1-3-4-11-7-12(18(19(21,22)23,20(24,25)26)32-10-31-2)5-6-15(11)33-16-8-13(17(29)30)14(27)9-28-16/h5-9H,3-4,10H2,1-2H3,(H,29,30). The van der Waals surface area contributed by atoms with E-state index >= 15 is 0 Å². The van der Waals surface area contributed by atoms with Crippen LogP contribution in [0.3, 0.4) is 0 Å². The molecule has 0 radical (unpaired) electrons. The predicted molar refractivity (Wildman–Crippen MR) is 111 cm³/mol. The average Bonchev–Trinajstić information content (AvgIpc) is 2.69.